The summed E-state index contributed by atoms with van der Waals surface area (Å²) < 4.78 is 31.3. The van der Waals surface area contributed by atoms with E-state index < -0.39 is 15.7 Å². The van der Waals surface area contributed by atoms with E-state index in [0.29, 0.717) is 23.9 Å². The number of sulfone groups is 1. The summed E-state index contributed by atoms with van der Waals surface area (Å²) in [5, 5.41) is 15.1. The number of ether oxygens (including phenoxy) is 1. The normalized spacial score (nSPS) is 17.1. The molecule has 12 heteroatoms. The first-order chi connectivity index (χ1) is 16.7. The Morgan fingerprint density at radius 1 is 1.17 bits per heavy atom. The molecule has 0 atom stereocenters. The summed E-state index contributed by atoms with van der Waals surface area (Å²) in [6.45, 7) is 0.956. The molecule has 0 unspecified atom stereocenters. The molecule has 5 rings (SSSR count). The third-order valence-corrected chi connectivity index (χ3v) is 8.12. The predicted octanol–water partition coefficient (Wildman–Crippen LogP) is 3.99. The molecule has 2 aliphatic rings. The lowest BCUT2D eigenvalue weighted by molar-refractivity contribution is -0.114. The second-order valence-corrected chi connectivity index (χ2v) is 11.3. The molecule has 0 saturated carbocycles. The fourth-order valence-corrected chi connectivity index (χ4v) is 5.46. The fourth-order valence-electron chi connectivity index (χ4n) is 3.65. The molecule has 0 saturated heterocycles. The summed E-state index contributed by atoms with van der Waals surface area (Å²) in [5.74, 6) is -0.142. The zero-order valence-corrected chi connectivity index (χ0v) is 20.7. The molecule has 1 N–H and O–H groups in total. The maximum atomic E-state index is 12.7. The monoisotopic (exact) mass is 527 g/mol. The van der Waals surface area contributed by atoms with Crippen LogP contribution in [0.25, 0.3) is 17.0 Å². The highest BCUT2D eigenvalue weighted by Gasteiger charge is 2.38. The molecule has 178 valence electrons. The molecule has 2 aromatic carbocycles. The Morgan fingerprint density at radius 3 is 2.66 bits per heavy atom. The van der Waals surface area contributed by atoms with Crippen molar-refractivity contribution in [3.63, 3.8) is 0 Å². The average molecular weight is 528 g/mol. The van der Waals surface area contributed by atoms with Crippen molar-refractivity contribution in [3.05, 3.63) is 70.9 Å². The van der Waals surface area contributed by atoms with Gasteiger partial charge >= 0.3 is 0 Å². The highest BCUT2D eigenvalue weighted by atomic mass is 35.5. The van der Waals surface area contributed by atoms with Crippen molar-refractivity contribution in [3.8, 4) is 5.75 Å². The van der Waals surface area contributed by atoms with Gasteiger partial charge in [-0.25, -0.2) is 8.42 Å². The van der Waals surface area contributed by atoms with Gasteiger partial charge in [-0.05, 0) is 48.2 Å². The minimum Gasteiger partial charge on any atom is -0.492 e. The van der Waals surface area contributed by atoms with Crippen LogP contribution < -0.4 is 4.74 Å². The number of aliphatic imine (C=N–C) groups is 1. The number of fused-ring (bicyclic) bond motifs is 2. The highest BCUT2D eigenvalue weighted by molar-refractivity contribution is 8.42. The number of thioether (sulfide) groups is 1. The molecule has 35 heavy (non-hydrogen) atoms. The van der Waals surface area contributed by atoms with Crippen molar-refractivity contribution in [2.45, 2.75) is 6.54 Å². The quantitative estimate of drug-likeness (QED) is 0.501. The number of aromatic nitrogens is 1. The molecular formula is C23H18ClN5O4S2. The number of hydrazone groups is 1. The number of carbonyl (C=O) groups excluding carboxylic acids is 1. The molecule has 0 radical (unpaired) electrons. The number of hydrogen-bond acceptors (Lipinski definition) is 7. The Balaban J connectivity index is 1.44. The van der Waals surface area contributed by atoms with Gasteiger partial charge in [-0.2, -0.15) is 10.0 Å². The van der Waals surface area contributed by atoms with Crippen LogP contribution in [0, 0.1) is 5.41 Å². The van der Waals surface area contributed by atoms with Gasteiger partial charge in [0.05, 0.1) is 12.1 Å². The number of amides is 1. The van der Waals surface area contributed by atoms with Crippen molar-refractivity contribution in [2.24, 2.45) is 10.1 Å². The van der Waals surface area contributed by atoms with Gasteiger partial charge in [-0.3, -0.25) is 10.2 Å². The number of amidine groups is 2. The summed E-state index contributed by atoms with van der Waals surface area (Å²) in [5.41, 5.74) is 1.68. The van der Waals surface area contributed by atoms with Crippen LogP contribution in [0.5, 0.6) is 5.75 Å². The Labute approximate surface area is 210 Å². The molecule has 2 aliphatic heterocycles. The first-order valence-corrected chi connectivity index (χ1v) is 13.5. The Hall–Kier alpha value is -3.41. The number of nitrogens with zero attached hydrogens (tertiary/aromatic N) is 4. The molecule has 3 heterocycles. The van der Waals surface area contributed by atoms with Gasteiger partial charge in [-0.1, -0.05) is 29.8 Å². The zero-order valence-electron chi connectivity index (χ0n) is 18.3. The van der Waals surface area contributed by atoms with Crippen LogP contribution >= 0.6 is 23.4 Å². The molecule has 0 aliphatic carbocycles. The van der Waals surface area contributed by atoms with Crippen LogP contribution in [0.1, 0.15) is 5.56 Å². The minimum absolute atomic E-state index is 0.0215. The lowest BCUT2D eigenvalue weighted by Crippen LogP contribution is -2.35. The lowest BCUT2D eigenvalue weighted by atomic mass is 10.1. The van der Waals surface area contributed by atoms with E-state index in [0.717, 1.165) is 39.5 Å². The number of halogens is 1. The number of rotatable bonds is 5. The van der Waals surface area contributed by atoms with E-state index >= 15 is 0 Å². The van der Waals surface area contributed by atoms with E-state index in [-0.39, 0.29) is 21.0 Å². The van der Waals surface area contributed by atoms with E-state index in [1.54, 1.807) is 30.3 Å². The molecule has 9 nitrogen and oxygen atoms in total. The Bertz CT molecular complexity index is 1570. The topological polar surface area (TPSA) is 117 Å². The second kappa shape index (κ2) is 8.99. The number of hydrogen-bond donors (Lipinski definition) is 1. The highest BCUT2D eigenvalue weighted by Crippen LogP contribution is 2.31. The lowest BCUT2D eigenvalue weighted by Gasteiger charge is -2.19. The van der Waals surface area contributed by atoms with Crippen LogP contribution in [0.3, 0.4) is 0 Å². The zero-order chi connectivity index (χ0) is 24.7. The summed E-state index contributed by atoms with van der Waals surface area (Å²) in [6, 6.07) is 14.8. The predicted molar refractivity (Wildman–Crippen MR) is 139 cm³/mol. The molecule has 3 aromatic rings. The number of benzene rings is 2. The van der Waals surface area contributed by atoms with Gasteiger partial charge < -0.3 is 9.30 Å². The Kier molecular flexibility index (Phi) is 5.99. The van der Waals surface area contributed by atoms with E-state index in [4.69, 9.17) is 21.7 Å². The van der Waals surface area contributed by atoms with Crippen LogP contribution in [0.4, 0.5) is 0 Å². The smallest absolute Gasteiger partial charge is 0.283 e. The average Bonchev–Trinajstić information content (AvgIpc) is 3.40. The summed E-state index contributed by atoms with van der Waals surface area (Å²) in [7, 11) is -3.59. The van der Waals surface area contributed by atoms with Crippen LogP contribution in [-0.2, 0) is 21.2 Å². The molecule has 1 amide bonds. The van der Waals surface area contributed by atoms with Gasteiger partial charge in [0.1, 0.15) is 12.4 Å². The molecule has 0 bridgehead atoms. The minimum atomic E-state index is -3.59. The fraction of sp³-hybridized carbons (Fsp3) is 0.130. The van der Waals surface area contributed by atoms with E-state index in [2.05, 4.69) is 10.1 Å². The number of nitrogens with one attached hydrogen (secondary N) is 1. The molecular weight excluding hydrogens is 510 g/mol. The van der Waals surface area contributed by atoms with Crippen LogP contribution in [0.15, 0.2) is 70.4 Å². The Morgan fingerprint density at radius 2 is 1.91 bits per heavy atom. The largest absolute Gasteiger partial charge is 0.492 e. The molecule has 1 aromatic heterocycles. The van der Waals surface area contributed by atoms with Gasteiger partial charge in [0.15, 0.2) is 5.84 Å². The van der Waals surface area contributed by atoms with E-state index in [1.165, 1.54) is 0 Å². The summed E-state index contributed by atoms with van der Waals surface area (Å²) in [6.07, 6.45) is 4.49. The SMILES string of the molecule is CS(=O)(=O)C1=NN2C(=N)/C(=C\c3cn(CCOc4ccc(Cl)cc4)c4ccccc34)C(=O)N=C2S1. The maximum absolute atomic E-state index is 12.7. The second-order valence-electron chi connectivity index (χ2n) is 7.76. The van der Waals surface area contributed by atoms with Crippen molar-refractivity contribution in [1.29, 1.82) is 5.41 Å². The van der Waals surface area contributed by atoms with Crippen molar-refractivity contribution >= 4 is 71.5 Å². The van der Waals surface area contributed by atoms with E-state index in [9.17, 15) is 13.2 Å². The van der Waals surface area contributed by atoms with E-state index in [1.807, 2.05) is 35.0 Å². The number of carbonyl (C=O) groups is 1. The summed E-state index contributed by atoms with van der Waals surface area (Å²) in [4.78, 5) is 16.7. The van der Waals surface area contributed by atoms with Crippen molar-refractivity contribution < 1.29 is 17.9 Å². The van der Waals surface area contributed by atoms with Gasteiger partial charge in [0.2, 0.25) is 19.4 Å². The maximum Gasteiger partial charge on any atom is 0.283 e. The third kappa shape index (κ3) is 4.62. The van der Waals surface area contributed by atoms with Crippen LogP contribution in [-0.4, -0.2) is 52.1 Å². The molecule has 0 spiro atoms. The van der Waals surface area contributed by atoms with Crippen LogP contribution in [0.2, 0.25) is 5.02 Å². The van der Waals surface area contributed by atoms with Crippen molar-refractivity contribution in [2.75, 3.05) is 12.9 Å². The first-order valence-electron chi connectivity index (χ1n) is 10.4. The van der Waals surface area contributed by atoms with Gasteiger partial charge in [-0.15, -0.1) is 5.10 Å². The first kappa shape index (κ1) is 23.3. The van der Waals surface area contributed by atoms with Gasteiger partial charge in [0.25, 0.3) is 5.91 Å². The standard InChI is InChI=1S/C23H18ClN5O4S2/c1-35(31,32)23-27-29-20(25)18(21(30)26-22(29)34-23)12-14-13-28(19-5-3-2-4-17(14)19)10-11-33-16-8-6-15(24)7-9-16/h2-9,12-13,25H,10-11H2,1H3/b18-12+,25-20?. The number of para-hydroxylation sites is 1. The molecule has 0 fully saturated rings. The summed E-state index contributed by atoms with van der Waals surface area (Å²) >= 11 is 6.67. The third-order valence-electron chi connectivity index (χ3n) is 5.29. The van der Waals surface area contributed by atoms with Crippen molar-refractivity contribution in [1.82, 2.24) is 9.58 Å². The van der Waals surface area contributed by atoms with Gasteiger partial charge in [0, 0.05) is 33.9 Å².